The molecule has 0 spiro atoms. The molecule has 1 N–H and O–H groups in total. The maximum Gasteiger partial charge on any atom is 0.169 e. The predicted molar refractivity (Wildman–Crippen MR) is 77.9 cm³/mol. The van der Waals surface area contributed by atoms with E-state index in [1.54, 1.807) is 18.4 Å². The molecule has 96 valence electrons. The van der Waals surface area contributed by atoms with Crippen LogP contribution in [0.4, 0.5) is 0 Å². The van der Waals surface area contributed by atoms with Crippen LogP contribution in [0.2, 0.25) is 4.34 Å². The molecule has 0 fully saturated rings. The first kappa shape index (κ1) is 14.7. The van der Waals surface area contributed by atoms with Crippen LogP contribution in [0.25, 0.3) is 0 Å². The van der Waals surface area contributed by atoms with Crippen molar-refractivity contribution in [2.75, 3.05) is 27.3 Å². The van der Waals surface area contributed by atoms with Crippen molar-refractivity contribution in [1.29, 1.82) is 0 Å². The number of nitrogens with one attached hydrogen (secondary N) is 1. The second-order valence-electron chi connectivity index (χ2n) is 3.64. The standard InChI is InChI=1S/C11H17ClN2OS2/c1-14(8-9-4-5-10(12)17-9)11(16)13-6-3-7-15-2/h4-5H,3,6-8H2,1-2H3,(H,13,16). The summed E-state index contributed by atoms with van der Waals surface area (Å²) in [6, 6.07) is 3.93. The minimum absolute atomic E-state index is 0.750. The Labute approximate surface area is 117 Å². The lowest BCUT2D eigenvalue weighted by atomic mass is 10.4. The lowest BCUT2D eigenvalue weighted by molar-refractivity contribution is 0.195. The van der Waals surface area contributed by atoms with Gasteiger partial charge in [0.05, 0.1) is 10.9 Å². The molecule has 3 nitrogen and oxygen atoms in total. The zero-order valence-corrected chi connectivity index (χ0v) is 12.4. The molecule has 1 aromatic heterocycles. The van der Waals surface area contributed by atoms with Gasteiger partial charge in [-0.1, -0.05) is 11.6 Å². The van der Waals surface area contributed by atoms with Crippen LogP contribution in [-0.2, 0) is 11.3 Å². The highest BCUT2D eigenvalue weighted by molar-refractivity contribution is 7.80. The monoisotopic (exact) mass is 292 g/mol. The van der Waals surface area contributed by atoms with Crippen LogP contribution in [-0.4, -0.2) is 37.3 Å². The summed E-state index contributed by atoms with van der Waals surface area (Å²) in [5.74, 6) is 0. The molecule has 1 aromatic rings. The van der Waals surface area contributed by atoms with E-state index in [0.717, 1.165) is 35.6 Å². The Bertz CT molecular complexity index is 357. The topological polar surface area (TPSA) is 24.5 Å². The van der Waals surface area contributed by atoms with Crippen molar-refractivity contribution in [3.63, 3.8) is 0 Å². The van der Waals surface area contributed by atoms with E-state index in [4.69, 9.17) is 28.6 Å². The number of methoxy groups -OCH3 is 1. The summed E-state index contributed by atoms with van der Waals surface area (Å²) in [6.07, 6.45) is 0.954. The average molecular weight is 293 g/mol. The summed E-state index contributed by atoms with van der Waals surface area (Å²) >= 11 is 12.7. The number of hydrogen-bond donors (Lipinski definition) is 1. The third-order valence-corrected chi connectivity index (χ3v) is 3.84. The van der Waals surface area contributed by atoms with Gasteiger partial charge in [0.2, 0.25) is 0 Å². The molecule has 0 aromatic carbocycles. The van der Waals surface area contributed by atoms with E-state index in [0.29, 0.717) is 0 Å². The van der Waals surface area contributed by atoms with Crippen LogP contribution >= 0.6 is 35.2 Å². The molecule has 0 saturated heterocycles. The van der Waals surface area contributed by atoms with Gasteiger partial charge in [0.15, 0.2) is 5.11 Å². The Kier molecular flexibility index (Phi) is 6.80. The van der Waals surface area contributed by atoms with Gasteiger partial charge in [-0.25, -0.2) is 0 Å². The molecule has 6 heteroatoms. The molecule has 0 atom stereocenters. The van der Waals surface area contributed by atoms with Gasteiger partial charge in [0.1, 0.15) is 0 Å². The van der Waals surface area contributed by atoms with E-state index in [2.05, 4.69) is 5.32 Å². The van der Waals surface area contributed by atoms with Gasteiger partial charge >= 0.3 is 0 Å². The zero-order chi connectivity index (χ0) is 12.7. The summed E-state index contributed by atoms with van der Waals surface area (Å²) in [5, 5.41) is 3.95. The maximum atomic E-state index is 5.88. The van der Waals surface area contributed by atoms with E-state index < -0.39 is 0 Å². The largest absolute Gasteiger partial charge is 0.385 e. The molecule has 0 aliphatic rings. The highest BCUT2D eigenvalue weighted by Crippen LogP contribution is 2.22. The summed E-state index contributed by atoms with van der Waals surface area (Å²) in [4.78, 5) is 3.21. The summed E-state index contributed by atoms with van der Waals surface area (Å²) in [7, 11) is 3.67. The van der Waals surface area contributed by atoms with Crippen LogP contribution in [0.15, 0.2) is 12.1 Å². The molecule has 17 heavy (non-hydrogen) atoms. The van der Waals surface area contributed by atoms with E-state index in [1.165, 1.54) is 4.88 Å². The van der Waals surface area contributed by atoms with Crippen LogP contribution in [0.5, 0.6) is 0 Å². The van der Waals surface area contributed by atoms with Crippen molar-refractivity contribution < 1.29 is 4.74 Å². The number of halogens is 1. The van der Waals surface area contributed by atoms with Crippen molar-refractivity contribution in [1.82, 2.24) is 10.2 Å². The smallest absolute Gasteiger partial charge is 0.169 e. The lowest BCUT2D eigenvalue weighted by Gasteiger charge is -2.20. The van der Waals surface area contributed by atoms with Crippen LogP contribution in [0.1, 0.15) is 11.3 Å². The predicted octanol–water partition coefficient (Wildman–Crippen LogP) is 2.74. The second-order valence-corrected chi connectivity index (χ2v) is 5.83. The number of nitrogens with zero attached hydrogens (tertiary/aromatic N) is 1. The van der Waals surface area contributed by atoms with Gasteiger partial charge in [0.25, 0.3) is 0 Å². The van der Waals surface area contributed by atoms with Gasteiger partial charge in [-0.15, -0.1) is 11.3 Å². The molecule has 0 bridgehead atoms. The van der Waals surface area contributed by atoms with E-state index in [1.807, 2.05) is 24.1 Å². The fourth-order valence-electron chi connectivity index (χ4n) is 1.29. The summed E-state index contributed by atoms with van der Waals surface area (Å²) < 4.78 is 5.79. The minimum atomic E-state index is 0.750. The van der Waals surface area contributed by atoms with Crippen molar-refractivity contribution in [2.45, 2.75) is 13.0 Å². The molecular weight excluding hydrogens is 276 g/mol. The quantitative estimate of drug-likeness (QED) is 0.644. The van der Waals surface area contributed by atoms with Crippen molar-refractivity contribution in [3.8, 4) is 0 Å². The Morgan fingerprint density at radius 2 is 2.35 bits per heavy atom. The van der Waals surface area contributed by atoms with Gasteiger partial charge < -0.3 is 15.0 Å². The van der Waals surface area contributed by atoms with Gasteiger partial charge in [-0.2, -0.15) is 0 Å². The molecule has 1 heterocycles. The molecular formula is C11H17ClN2OS2. The Hall–Kier alpha value is -0.360. The first-order valence-corrected chi connectivity index (χ1v) is 6.96. The molecule has 1 rings (SSSR count). The van der Waals surface area contributed by atoms with E-state index in [-0.39, 0.29) is 0 Å². The molecule has 0 aliphatic carbocycles. The molecule has 0 unspecified atom stereocenters. The van der Waals surface area contributed by atoms with Gasteiger partial charge in [-0.3, -0.25) is 0 Å². The first-order valence-electron chi connectivity index (χ1n) is 5.35. The fraction of sp³-hybridized carbons (Fsp3) is 0.545. The summed E-state index contributed by atoms with van der Waals surface area (Å²) in [6.45, 7) is 2.37. The SMILES string of the molecule is COCCCNC(=S)N(C)Cc1ccc(Cl)s1. The normalized spacial score (nSPS) is 10.3. The average Bonchev–Trinajstić information content (AvgIpc) is 2.70. The molecule has 0 amide bonds. The first-order chi connectivity index (χ1) is 8.13. The second kappa shape index (κ2) is 7.87. The fourth-order valence-corrected chi connectivity index (χ4v) is 2.60. The molecule has 0 saturated carbocycles. The van der Waals surface area contributed by atoms with E-state index in [9.17, 15) is 0 Å². The Morgan fingerprint density at radius 1 is 1.59 bits per heavy atom. The lowest BCUT2D eigenvalue weighted by Crippen LogP contribution is -2.37. The van der Waals surface area contributed by atoms with Crippen molar-refractivity contribution >= 4 is 40.3 Å². The van der Waals surface area contributed by atoms with E-state index >= 15 is 0 Å². The highest BCUT2D eigenvalue weighted by atomic mass is 35.5. The van der Waals surface area contributed by atoms with Crippen LogP contribution < -0.4 is 5.32 Å². The third-order valence-electron chi connectivity index (χ3n) is 2.17. The zero-order valence-electron chi connectivity index (χ0n) is 10.0. The number of ether oxygens (including phenoxy) is 1. The Balaban J connectivity index is 2.27. The molecule has 0 aliphatic heterocycles. The van der Waals surface area contributed by atoms with Crippen LogP contribution in [0.3, 0.4) is 0 Å². The minimum Gasteiger partial charge on any atom is -0.385 e. The van der Waals surface area contributed by atoms with Crippen molar-refractivity contribution in [2.24, 2.45) is 0 Å². The van der Waals surface area contributed by atoms with Crippen LogP contribution in [0, 0.1) is 0 Å². The van der Waals surface area contributed by atoms with Gasteiger partial charge in [0, 0.05) is 32.2 Å². The number of hydrogen-bond acceptors (Lipinski definition) is 3. The highest BCUT2D eigenvalue weighted by Gasteiger charge is 2.06. The molecule has 0 radical (unpaired) electrons. The van der Waals surface area contributed by atoms with Crippen molar-refractivity contribution in [3.05, 3.63) is 21.3 Å². The maximum absolute atomic E-state index is 5.88. The van der Waals surface area contributed by atoms with Gasteiger partial charge in [-0.05, 0) is 30.8 Å². The Morgan fingerprint density at radius 3 is 2.94 bits per heavy atom. The number of thiocarbonyl (C=S) groups is 1. The number of thiophene rings is 1. The number of rotatable bonds is 6. The third kappa shape index (κ3) is 5.68. The summed E-state index contributed by atoms with van der Waals surface area (Å²) in [5.41, 5.74) is 0.